The van der Waals surface area contributed by atoms with Gasteiger partial charge in [0.15, 0.2) is 0 Å². The van der Waals surface area contributed by atoms with E-state index in [2.05, 4.69) is 79.2 Å². The van der Waals surface area contributed by atoms with Crippen LogP contribution in [0.5, 0.6) is 0 Å². The van der Waals surface area contributed by atoms with Gasteiger partial charge in [0, 0.05) is 27.7 Å². The van der Waals surface area contributed by atoms with E-state index in [0.717, 1.165) is 22.0 Å². The molecule has 0 radical (unpaired) electrons. The fraction of sp³-hybridized carbons (Fsp3) is 0.143. The maximum absolute atomic E-state index is 3.56. The summed E-state index contributed by atoms with van der Waals surface area (Å²) in [5.41, 5.74) is 4.10. The van der Waals surface area contributed by atoms with Crippen molar-refractivity contribution in [1.82, 2.24) is 0 Å². The number of nitrogens with zero attached hydrogens (tertiary/aromatic N) is 1. The SMILES string of the molecule is Brc1cc2c(cc1Br)CN(c1ccccc1)C2. The van der Waals surface area contributed by atoms with E-state index in [1.807, 2.05) is 0 Å². The fourth-order valence-electron chi connectivity index (χ4n) is 2.21. The van der Waals surface area contributed by atoms with Crippen LogP contribution >= 0.6 is 31.9 Å². The van der Waals surface area contributed by atoms with Crippen molar-refractivity contribution in [1.29, 1.82) is 0 Å². The van der Waals surface area contributed by atoms with Gasteiger partial charge >= 0.3 is 0 Å². The molecule has 3 heteroatoms. The summed E-state index contributed by atoms with van der Waals surface area (Å²) in [6, 6.07) is 15.0. The number of halogens is 2. The second-order valence-electron chi connectivity index (χ2n) is 4.23. The van der Waals surface area contributed by atoms with E-state index in [0.29, 0.717) is 0 Å². The Balaban J connectivity index is 1.93. The number of anilines is 1. The van der Waals surface area contributed by atoms with E-state index in [-0.39, 0.29) is 0 Å². The Hall–Kier alpha value is -0.800. The van der Waals surface area contributed by atoms with Gasteiger partial charge in [-0.15, -0.1) is 0 Å². The van der Waals surface area contributed by atoms with Crippen LogP contribution in [-0.4, -0.2) is 0 Å². The van der Waals surface area contributed by atoms with E-state index in [9.17, 15) is 0 Å². The first-order chi connectivity index (χ1) is 8.24. The lowest BCUT2D eigenvalue weighted by molar-refractivity contribution is 0.880. The first kappa shape index (κ1) is 11.3. The summed E-state index contributed by atoms with van der Waals surface area (Å²) < 4.78 is 2.26. The lowest BCUT2D eigenvalue weighted by atomic mass is 10.1. The van der Waals surface area contributed by atoms with Crippen molar-refractivity contribution in [2.24, 2.45) is 0 Å². The fourth-order valence-corrected chi connectivity index (χ4v) is 2.99. The van der Waals surface area contributed by atoms with Crippen LogP contribution in [0.15, 0.2) is 51.4 Å². The molecular weight excluding hydrogens is 342 g/mol. The number of hydrogen-bond donors (Lipinski definition) is 0. The van der Waals surface area contributed by atoms with Crippen molar-refractivity contribution in [3.05, 3.63) is 62.5 Å². The number of fused-ring (bicyclic) bond motifs is 1. The van der Waals surface area contributed by atoms with Crippen molar-refractivity contribution < 1.29 is 0 Å². The van der Waals surface area contributed by atoms with Crippen LogP contribution in [0.2, 0.25) is 0 Å². The molecule has 0 saturated heterocycles. The van der Waals surface area contributed by atoms with Gasteiger partial charge in [0.2, 0.25) is 0 Å². The average molecular weight is 353 g/mol. The van der Waals surface area contributed by atoms with Crippen molar-refractivity contribution in [2.45, 2.75) is 13.1 Å². The van der Waals surface area contributed by atoms with E-state index in [1.54, 1.807) is 0 Å². The maximum atomic E-state index is 3.56. The minimum Gasteiger partial charge on any atom is -0.363 e. The Morgan fingerprint density at radius 3 is 1.88 bits per heavy atom. The molecule has 0 N–H and O–H groups in total. The molecule has 0 aromatic heterocycles. The molecule has 1 heterocycles. The molecule has 2 aromatic rings. The summed E-state index contributed by atoms with van der Waals surface area (Å²) in [5.74, 6) is 0. The quantitative estimate of drug-likeness (QED) is 0.717. The van der Waals surface area contributed by atoms with Gasteiger partial charge in [-0.05, 0) is 67.3 Å². The molecule has 2 aromatic carbocycles. The van der Waals surface area contributed by atoms with Crippen LogP contribution in [0.1, 0.15) is 11.1 Å². The summed E-state index contributed by atoms with van der Waals surface area (Å²) in [6.45, 7) is 1.98. The van der Waals surface area contributed by atoms with Crippen LogP contribution in [0.25, 0.3) is 0 Å². The van der Waals surface area contributed by atoms with Crippen molar-refractivity contribution in [3.63, 3.8) is 0 Å². The molecule has 0 unspecified atom stereocenters. The summed E-state index contributed by atoms with van der Waals surface area (Å²) >= 11 is 7.12. The summed E-state index contributed by atoms with van der Waals surface area (Å²) in [7, 11) is 0. The largest absolute Gasteiger partial charge is 0.363 e. The minimum atomic E-state index is 0.991. The molecule has 86 valence electrons. The third kappa shape index (κ3) is 2.14. The smallest absolute Gasteiger partial charge is 0.0437 e. The summed E-state index contributed by atoms with van der Waals surface area (Å²) in [4.78, 5) is 2.39. The van der Waals surface area contributed by atoms with E-state index >= 15 is 0 Å². The van der Waals surface area contributed by atoms with Crippen LogP contribution in [0, 0.1) is 0 Å². The summed E-state index contributed by atoms with van der Waals surface area (Å²) in [6.07, 6.45) is 0. The first-order valence-corrected chi connectivity index (χ1v) is 7.09. The molecule has 0 aliphatic carbocycles. The van der Waals surface area contributed by atoms with E-state index < -0.39 is 0 Å². The zero-order valence-corrected chi connectivity index (χ0v) is 12.3. The van der Waals surface area contributed by atoms with Crippen molar-refractivity contribution >= 4 is 37.5 Å². The van der Waals surface area contributed by atoms with Crippen LogP contribution < -0.4 is 4.90 Å². The summed E-state index contributed by atoms with van der Waals surface area (Å²) in [5, 5.41) is 0. The lowest BCUT2D eigenvalue weighted by Gasteiger charge is -2.17. The minimum absolute atomic E-state index is 0.991. The van der Waals surface area contributed by atoms with Gasteiger partial charge in [-0.2, -0.15) is 0 Å². The molecule has 0 amide bonds. The number of rotatable bonds is 1. The van der Waals surface area contributed by atoms with Crippen LogP contribution in [-0.2, 0) is 13.1 Å². The Labute approximate surface area is 118 Å². The van der Waals surface area contributed by atoms with Gasteiger partial charge < -0.3 is 4.90 Å². The van der Waals surface area contributed by atoms with Gasteiger partial charge in [-0.1, -0.05) is 18.2 Å². The topological polar surface area (TPSA) is 3.24 Å². The number of para-hydroxylation sites is 1. The first-order valence-electron chi connectivity index (χ1n) is 5.51. The molecule has 0 atom stereocenters. The Morgan fingerprint density at radius 2 is 1.35 bits per heavy atom. The normalized spacial score (nSPS) is 13.9. The Kier molecular flexibility index (Phi) is 2.97. The standard InChI is InChI=1S/C14H11Br2N/c15-13-6-10-8-17(9-11(10)7-14(13)16)12-4-2-1-3-5-12/h1-7H,8-9H2. The lowest BCUT2D eigenvalue weighted by Crippen LogP contribution is -2.13. The predicted octanol–water partition coefficient (Wildman–Crippen LogP) is 4.73. The number of benzene rings is 2. The Morgan fingerprint density at radius 1 is 0.824 bits per heavy atom. The molecule has 0 spiro atoms. The third-order valence-corrected chi connectivity index (χ3v) is 4.93. The van der Waals surface area contributed by atoms with Gasteiger partial charge in [-0.25, -0.2) is 0 Å². The zero-order valence-electron chi connectivity index (χ0n) is 9.16. The number of hydrogen-bond acceptors (Lipinski definition) is 1. The van der Waals surface area contributed by atoms with Crippen molar-refractivity contribution in [2.75, 3.05) is 4.90 Å². The maximum Gasteiger partial charge on any atom is 0.0437 e. The molecule has 0 saturated carbocycles. The molecule has 1 aliphatic rings. The van der Waals surface area contributed by atoms with Gasteiger partial charge in [0.25, 0.3) is 0 Å². The Bertz CT molecular complexity index is 521. The second kappa shape index (κ2) is 4.46. The average Bonchev–Trinajstić information content (AvgIpc) is 2.74. The molecule has 0 bridgehead atoms. The molecule has 3 rings (SSSR count). The third-order valence-electron chi connectivity index (χ3n) is 3.09. The van der Waals surface area contributed by atoms with Crippen LogP contribution in [0.4, 0.5) is 5.69 Å². The molecule has 0 fully saturated rings. The van der Waals surface area contributed by atoms with E-state index in [4.69, 9.17) is 0 Å². The highest BCUT2D eigenvalue weighted by atomic mass is 79.9. The predicted molar refractivity (Wildman–Crippen MR) is 78.2 cm³/mol. The molecular formula is C14H11Br2N. The molecule has 17 heavy (non-hydrogen) atoms. The van der Waals surface area contributed by atoms with Crippen LogP contribution in [0.3, 0.4) is 0 Å². The van der Waals surface area contributed by atoms with Crippen molar-refractivity contribution in [3.8, 4) is 0 Å². The van der Waals surface area contributed by atoms with E-state index in [1.165, 1.54) is 16.8 Å². The zero-order chi connectivity index (χ0) is 11.8. The monoisotopic (exact) mass is 351 g/mol. The highest BCUT2D eigenvalue weighted by molar-refractivity contribution is 9.13. The molecule has 1 nitrogen and oxygen atoms in total. The highest BCUT2D eigenvalue weighted by Gasteiger charge is 2.20. The van der Waals surface area contributed by atoms with Gasteiger partial charge in [0.1, 0.15) is 0 Å². The van der Waals surface area contributed by atoms with Gasteiger partial charge in [0.05, 0.1) is 0 Å². The molecule has 1 aliphatic heterocycles. The van der Waals surface area contributed by atoms with Gasteiger partial charge in [-0.3, -0.25) is 0 Å². The second-order valence-corrected chi connectivity index (χ2v) is 5.94. The highest BCUT2D eigenvalue weighted by Crippen LogP contribution is 2.33.